The van der Waals surface area contributed by atoms with Gasteiger partial charge in [0, 0.05) is 6.61 Å². The van der Waals surface area contributed by atoms with Gasteiger partial charge in [0.2, 0.25) is 0 Å². The predicted molar refractivity (Wildman–Crippen MR) is 113 cm³/mol. The molecule has 0 aromatic carbocycles. The first-order valence-corrected chi connectivity index (χ1v) is 11.9. The zero-order chi connectivity index (χ0) is 18.1. The van der Waals surface area contributed by atoms with Crippen molar-refractivity contribution >= 4 is 11.8 Å². The monoisotopic (exact) mass is 358 g/mol. The predicted octanol–water partition coefficient (Wildman–Crippen LogP) is 7.47. The molecule has 0 heterocycles. The number of hydrogen-bond donors (Lipinski definition) is 1. The average Bonchev–Trinajstić information content (AvgIpc) is 2.55. The fourth-order valence-electron chi connectivity index (χ4n) is 3.80. The Hall–Kier alpha value is 0.310. The second kappa shape index (κ2) is 16.8. The summed E-state index contributed by atoms with van der Waals surface area (Å²) in [5.41, 5.74) is 0.524. The van der Waals surface area contributed by atoms with Crippen LogP contribution >= 0.6 is 11.8 Å². The Morgan fingerprint density at radius 1 is 0.750 bits per heavy atom. The molecule has 0 fully saturated rings. The highest BCUT2D eigenvalue weighted by Gasteiger charge is 2.27. The van der Waals surface area contributed by atoms with Crippen LogP contribution < -0.4 is 0 Å². The zero-order valence-corrected chi connectivity index (χ0v) is 18.1. The Labute approximate surface area is 157 Å². The van der Waals surface area contributed by atoms with Gasteiger partial charge in [-0.2, -0.15) is 11.8 Å². The first kappa shape index (κ1) is 24.3. The van der Waals surface area contributed by atoms with Crippen molar-refractivity contribution in [3.63, 3.8) is 0 Å². The molecule has 0 spiro atoms. The first-order chi connectivity index (χ1) is 11.6. The van der Waals surface area contributed by atoms with Gasteiger partial charge in [0.25, 0.3) is 0 Å². The Balaban J connectivity index is 3.91. The van der Waals surface area contributed by atoms with Crippen molar-refractivity contribution in [2.45, 2.75) is 111 Å². The smallest absolute Gasteiger partial charge is 0.0431 e. The number of aliphatic hydroxyl groups is 1. The molecule has 1 nitrogen and oxygen atoms in total. The quantitative estimate of drug-likeness (QED) is 0.256. The summed E-state index contributed by atoms with van der Waals surface area (Å²) >= 11 is 2.15. The van der Waals surface area contributed by atoms with Crippen LogP contribution in [0, 0.1) is 11.3 Å². The summed E-state index contributed by atoms with van der Waals surface area (Å²) in [5, 5.41) is 8.78. The van der Waals surface area contributed by atoms with Crippen LogP contribution in [-0.2, 0) is 0 Å². The molecule has 0 aliphatic carbocycles. The third-order valence-electron chi connectivity index (χ3n) is 5.44. The largest absolute Gasteiger partial charge is 0.396 e. The average molecular weight is 359 g/mol. The van der Waals surface area contributed by atoms with Crippen LogP contribution in [-0.4, -0.2) is 23.2 Å². The van der Waals surface area contributed by atoms with E-state index in [0.29, 0.717) is 12.0 Å². The number of rotatable bonds is 18. The molecule has 1 unspecified atom stereocenters. The molecule has 1 atom stereocenters. The highest BCUT2D eigenvalue weighted by molar-refractivity contribution is 7.99. The molecule has 0 radical (unpaired) electrons. The fourth-order valence-corrected chi connectivity index (χ4v) is 4.78. The van der Waals surface area contributed by atoms with Gasteiger partial charge in [-0.3, -0.25) is 0 Å². The normalized spacial score (nSPS) is 13.4. The van der Waals surface area contributed by atoms with Crippen LogP contribution in [0.2, 0.25) is 0 Å². The summed E-state index contributed by atoms with van der Waals surface area (Å²) in [6.45, 7) is 10.0. The van der Waals surface area contributed by atoms with E-state index in [1.54, 1.807) is 0 Å². The lowest BCUT2D eigenvalue weighted by Crippen LogP contribution is -2.24. The van der Waals surface area contributed by atoms with Gasteiger partial charge in [-0.1, -0.05) is 72.6 Å². The van der Waals surface area contributed by atoms with Gasteiger partial charge in [0.1, 0.15) is 0 Å². The van der Waals surface area contributed by atoms with Crippen molar-refractivity contribution in [2.75, 3.05) is 18.1 Å². The lowest BCUT2D eigenvalue weighted by Gasteiger charge is -2.35. The fraction of sp³-hybridized carbons (Fsp3) is 1.00. The van der Waals surface area contributed by atoms with Crippen LogP contribution in [0.1, 0.15) is 111 Å². The van der Waals surface area contributed by atoms with E-state index in [1.165, 1.54) is 88.6 Å². The molecule has 0 saturated heterocycles. The Morgan fingerprint density at radius 3 is 2.04 bits per heavy atom. The Kier molecular flexibility index (Phi) is 17.0. The van der Waals surface area contributed by atoms with Crippen LogP contribution in [0.15, 0.2) is 0 Å². The standard InChI is InChI=1S/C22H46OS/c1-5-7-8-11-15-21(22(3,4)17-6-2)16-14-20-24-19-13-10-9-12-18-23/h21,23H,5-20H2,1-4H3. The maximum Gasteiger partial charge on any atom is 0.0431 e. The van der Waals surface area contributed by atoms with Gasteiger partial charge in [0.05, 0.1) is 0 Å². The molecule has 0 amide bonds. The van der Waals surface area contributed by atoms with Crippen molar-refractivity contribution in [3.05, 3.63) is 0 Å². The lowest BCUT2D eigenvalue weighted by molar-refractivity contribution is 0.165. The molecule has 0 aliphatic heterocycles. The second-order valence-corrected chi connectivity index (χ2v) is 9.40. The van der Waals surface area contributed by atoms with E-state index in [0.717, 1.165) is 12.3 Å². The third-order valence-corrected chi connectivity index (χ3v) is 6.60. The van der Waals surface area contributed by atoms with Crippen molar-refractivity contribution in [2.24, 2.45) is 11.3 Å². The van der Waals surface area contributed by atoms with Gasteiger partial charge in [-0.05, 0) is 61.4 Å². The van der Waals surface area contributed by atoms with Crippen LogP contribution in [0.4, 0.5) is 0 Å². The summed E-state index contributed by atoms with van der Waals surface area (Å²) in [6.07, 6.45) is 17.4. The maximum atomic E-state index is 8.78. The maximum absolute atomic E-state index is 8.78. The van der Waals surface area contributed by atoms with Crippen LogP contribution in [0.3, 0.4) is 0 Å². The summed E-state index contributed by atoms with van der Waals surface area (Å²) in [6, 6.07) is 0. The number of hydrogen-bond acceptors (Lipinski definition) is 2. The SMILES string of the molecule is CCCCCCC(CCCSCCCCCCO)C(C)(C)CCC. The molecule has 0 aromatic heterocycles. The van der Waals surface area contributed by atoms with E-state index in [1.807, 2.05) is 0 Å². The number of unbranched alkanes of at least 4 members (excludes halogenated alkanes) is 6. The molecule has 1 N–H and O–H groups in total. The summed E-state index contributed by atoms with van der Waals surface area (Å²) in [7, 11) is 0. The van der Waals surface area contributed by atoms with E-state index < -0.39 is 0 Å². The minimum absolute atomic E-state index is 0.361. The topological polar surface area (TPSA) is 20.2 Å². The third kappa shape index (κ3) is 13.6. The molecule has 0 aromatic rings. The summed E-state index contributed by atoms with van der Waals surface area (Å²) in [5.74, 6) is 3.57. The lowest BCUT2D eigenvalue weighted by atomic mass is 9.71. The number of thioether (sulfide) groups is 1. The summed E-state index contributed by atoms with van der Waals surface area (Å²) < 4.78 is 0. The molecule has 24 heavy (non-hydrogen) atoms. The second-order valence-electron chi connectivity index (χ2n) is 8.18. The van der Waals surface area contributed by atoms with E-state index in [9.17, 15) is 0 Å². The molecular weight excluding hydrogens is 312 g/mol. The summed E-state index contributed by atoms with van der Waals surface area (Å²) in [4.78, 5) is 0. The van der Waals surface area contributed by atoms with E-state index in [-0.39, 0.29) is 0 Å². The van der Waals surface area contributed by atoms with Crippen molar-refractivity contribution < 1.29 is 5.11 Å². The van der Waals surface area contributed by atoms with Gasteiger partial charge in [0.15, 0.2) is 0 Å². The first-order valence-electron chi connectivity index (χ1n) is 10.8. The van der Waals surface area contributed by atoms with Crippen molar-refractivity contribution in [1.29, 1.82) is 0 Å². The van der Waals surface area contributed by atoms with Gasteiger partial charge in [-0.15, -0.1) is 0 Å². The Bertz CT molecular complexity index is 252. The highest BCUT2D eigenvalue weighted by atomic mass is 32.2. The van der Waals surface area contributed by atoms with E-state index in [4.69, 9.17) is 5.11 Å². The van der Waals surface area contributed by atoms with Gasteiger partial charge in [-0.25, -0.2) is 0 Å². The van der Waals surface area contributed by atoms with Crippen LogP contribution in [0.5, 0.6) is 0 Å². The molecule has 2 heteroatoms. The molecule has 146 valence electrons. The van der Waals surface area contributed by atoms with Crippen LogP contribution in [0.25, 0.3) is 0 Å². The molecular formula is C22H46OS. The number of aliphatic hydroxyl groups excluding tert-OH is 1. The molecule has 0 aliphatic rings. The highest BCUT2D eigenvalue weighted by Crippen LogP contribution is 2.38. The Morgan fingerprint density at radius 2 is 1.38 bits per heavy atom. The van der Waals surface area contributed by atoms with Gasteiger partial charge < -0.3 is 5.11 Å². The minimum Gasteiger partial charge on any atom is -0.396 e. The molecule has 0 bridgehead atoms. The van der Waals surface area contributed by atoms with E-state index in [2.05, 4.69) is 39.5 Å². The van der Waals surface area contributed by atoms with E-state index >= 15 is 0 Å². The molecule has 0 saturated carbocycles. The van der Waals surface area contributed by atoms with Crippen molar-refractivity contribution in [3.8, 4) is 0 Å². The van der Waals surface area contributed by atoms with Gasteiger partial charge >= 0.3 is 0 Å². The zero-order valence-electron chi connectivity index (χ0n) is 17.2. The minimum atomic E-state index is 0.361. The van der Waals surface area contributed by atoms with Crippen molar-refractivity contribution in [1.82, 2.24) is 0 Å². The molecule has 0 rings (SSSR count).